The fraction of sp³-hybridized carbons (Fsp3) is 0.452. The fourth-order valence-corrected chi connectivity index (χ4v) is 7.31. The van der Waals surface area contributed by atoms with Crippen LogP contribution in [0.5, 0.6) is 40.2 Å². The highest BCUT2D eigenvalue weighted by Crippen LogP contribution is 2.46. The van der Waals surface area contributed by atoms with Crippen molar-refractivity contribution < 1.29 is 119 Å². The molecule has 7 rings (SSSR count). The maximum absolute atomic E-state index is 12.5. The molecule has 3 aromatic rings. The van der Waals surface area contributed by atoms with Crippen LogP contribution in [-0.2, 0) is 28.5 Å². The Morgan fingerprint density at radius 2 is 1.14 bits per heavy atom. The Kier molecular flexibility index (Phi) is 14.8. The number of carbonyl (C=O) groups excluding carboxylic acids is 1. The average Bonchev–Trinajstić information content (AvgIpc) is 3.30. The molecule has 0 amide bonds. The van der Waals surface area contributed by atoms with Gasteiger partial charge in [-0.05, 0) is 42.0 Å². The summed E-state index contributed by atoms with van der Waals surface area (Å²) in [5.41, 5.74) is 0.278. The second kappa shape index (κ2) is 20.1. The lowest BCUT2D eigenvalue weighted by Gasteiger charge is -2.41. The molecule has 4 aliphatic heterocycles. The van der Waals surface area contributed by atoms with E-state index in [1.54, 1.807) is 0 Å². The van der Waals surface area contributed by atoms with Crippen LogP contribution < -0.4 is 14.2 Å². The monoisotopic (exact) mass is 936 g/mol. The first kappa shape index (κ1) is 48.4. The molecule has 16 unspecified atom stereocenters. The number of fused-ring (bicyclic) bond motifs is 1. The predicted octanol–water partition coefficient (Wildman–Crippen LogP) is -3.58. The summed E-state index contributed by atoms with van der Waals surface area (Å²) in [5, 5.41) is 155. The number of aromatic hydroxyl groups is 4. The summed E-state index contributed by atoms with van der Waals surface area (Å²) in [7, 11) is 0. The molecule has 0 aliphatic carbocycles. The Labute approximate surface area is 372 Å². The van der Waals surface area contributed by atoms with Crippen molar-refractivity contribution in [1.82, 2.24) is 0 Å². The number of phenols is 4. The quantitative estimate of drug-likeness (QED) is 0.0448. The van der Waals surface area contributed by atoms with E-state index in [2.05, 4.69) is 0 Å². The molecule has 3 aromatic carbocycles. The lowest BCUT2D eigenvalue weighted by molar-refractivity contribution is -0.293. The first-order valence-corrected chi connectivity index (χ1v) is 20.1. The number of hydrogen-bond acceptors (Lipinski definition) is 24. The van der Waals surface area contributed by atoms with Gasteiger partial charge in [0.05, 0.1) is 18.8 Å². The normalized spacial score (nSPS) is 34.4. The summed E-state index contributed by atoms with van der Waals surface area (Å²) in [6, 6.07) is 9.59. The van der Waals surface area contributed by atoms with Crippen molar-refractivity contribution in [2.45, 2.75) is 98.2 Å². The Hall–Kier alpha value is -5.55. The molecular formula is C42H48O24. The number of ether oxygens (including phenoxy) is 8. The number of hydrogen-bond donors (Lipinski definition) is 15. The molecule has 16 atom stereocenters. The zero-order valence-electron chi connectivity index (χ0n) is 34.1. The summed E-state index contributed by atoms with van der Waals surface area (Å²) in [6.07, 6.45) is -24.2. The Bertz CT molecular complexity index is 2250. The Morgan fingerprint density at radius 1 is 0.576 bits per heavy atom. The van der Waals surface area contributed by atoms with E-state index in [9.17, 15) is 81.4 Å². The van der Waals surface area contributed by atoms with Crippen LogP contribution >= 0.6 is 0 Å². The van der Waals surface area contributed by atoms with E-state index in [1.807, 2.05) is 0 Å². The maximum atomic E-state index is 12.5. The first-order chi connectivity index (χ1) is 31.4. The summed E-state index contributed by atoms with van der Waals surface area (Å²) in [4.78, 5) is 12.5. The molecule has 0 spiro atoms. The van der Waals surface area contributed by atoms with Gasteiger partial charge < -0.3 is 114 Å². The van der Waals surface area contributed by atoms with Crippen molar-refractivity contribution in [2.75, 3.05) is 19.8 Å². The second-order valence-electron chi connectivity index (χ2n) is 15.6. The van der Waals surface area contributed by atoms with E-state index in [0.29, 0.717) is 5.56 Å². The number of esters is 1. The molecule has 360 valence electrons. The minimum absolute atomic E-state index is 0.0521. The van der Waals surface area contributed by atoms with Gasteiger partial charge in [-0.1, -0.05) is 12.1 Å². The van der Waals surface area contributed by atoms with Gasteiger partial charge in [-0.3, -0.25) is 0 Å². The van der Waals surface area contributed by atoms with Gasteiger partial charge in [-0.2, -0.15) is 0 Å². The highest BCUT2D eigenvalue weighted by atomic mass is 16.7. The lowest BCUT2D eigenvalue weighted by atomic mass is 9.98. The highest BCUT2D eigenvalue weighted by molar-refractivity contribution is 5.87. The minimum Gasteiger partial charge on any atom is -0.507 e. The van der Waals surface area contributed by atoms with Gasteiger partial charge in [0, 0.05) is 23.8 Å². The summed E-state index contributed by atoms with van der Waals surface area (Å²) in [6.45, 7) is -2.25. The van der Waals surface area contributed by atoms with Crippen molar-refractivity contribution >= 4 is 18.1 Å². The minimum atomic E-state index is -1.92. The van der Waals surface area contributed by atoms with Crippen LogP contribution in [0.4, 0.5) is 0 Å². The summed E-state index contributed by atoms with van der Waals surface area (Å²) >= 11 is 0. The third-order valence-electron chi connectivity index (χ3n) is 11.1. The first-order valence-electron chi connectivity index (χ1n) is 20.1. The Balaban J connectivity index is 1.14. The molecule has 66 heavy (non-hydrogen) atoms. The van der Waals surface area contributed by atoms with Gasteiger partial charge in [-0.15, -0.1) is 0 Å². The van der Waals surface area contributed by atoms with E-state index in [-0.39, 0.29) is 34.1 Å². The molecule has 24 heteroatoms. The molecule has 4 aliphatic rings. The third kappa shape index (κ3) is 10.1. The number of phenolic OH excluding ortho intramolecular Hbond substituents is 4. The van der Waals surface area contributed by atoms with Crippen LogP contribution in [0.2, 0.25) is 0 Å². The van der Waals surface area contributed by atoms with E-state index in [1.165, 1.54) is 42.5 Å². The van der Waals surface area contributed by atoms with Gasteiger partial charge in [0.2, 0.25) is 18.9 Å². The molecule has 0 radical (unpaired) electrons. The van der Waals surface area contributed by atoms with E-state index in [0.717, 1.165) is 24.3 Å². The van der Waals surface area contributed by atoms with E-state index in [4.69, 9.17) is 37.9 Å². The molecule has 0 bridgehead atoms. The van der Waals surface area contributed by atoms with Gasteiger partial charge in [0.25, 0.3) is 0 Å². The van der Waals surface area contributed by atoms with Crippen molar-refractivity contribution in [1.29, 1.82) is 0 Å². The molecule has 3 saturated heterocycles. The van der Waals surface area contributed by atoms with Gasteiger partial charge in [0.15, 0.2) is 29.1 Å². The topological polar surface area (TPSA) is 394 Å². The second-order valence-corrected chi connectivity index (χ2v) is 15.6. The predicted molar refractivity (Wildman–Crippen MR) is 214 cm³/mol. The molecule has 0 saturated carbocycles. The molecule has 4 heterocycles. The largest absolute Gasteiger partial charge is 0.507 e. The molecule has 3 fully saturated rings. The standard InChI is InChI=1S/C42H48O24/c43-12-26-30(50)33(53)37(57)41(64-26)62-24-8-16(3-5-20(24)46)39-25(63-42-38(58)34(54)31(51)27(13-44)65-42)11-18-21(47)9-17(10-23(18)61-39)60-40-36(56)35(55)32(52)28(66-40)14-59-29(49)6-2-15-1-4-19(45)22(48)7-15/h1-11,26-28,30-48,50-58H,12-14H2. The van der Waals surface area contributed by atoms with Crippen molar-refractivity contribution in [3.05, 3.63) is 77.1 Å². The van der Waals surface area contributed by atoms with E-state index < -0.39 is 147 Å². The van der Waals surface area contributed by atoms with Gasteiger partial charge in [0.1, 0.15) is 103 Å². The molecule has 15 N–H and O–H groups in total. The van der Waals surface area contributed by atoms with Crippen LogP contribution in [0.25, 0.3) is 12.2 Å². The molecular weight excluding hydrogens is 888 g/mol. The number of benzene rings is 3. The van der Waals surface area contributed by atoms with Gasteiger partial charge in [-0.25, -0.2) is 4.79 Å². The van der Waals surface area contributed by atoms with E-state index >= 15 is 0 Å². The smallest absolute Gasteiger partial charge is 0.330 e. The van der Waals surface area contributed by atoms with Crippen LogP contribution in [0, 0.1) is 0 Å². The van der Waals surface area contributed by atoms with Crippen LogP contribution in [0.15, 0.2) is 60.4 Å². The number of aliphatic hydroxyl groups excluding tert-OH is 11. The maximum Gasteiger partial charge on any atom is 0.330 e. The summed E-state index contributed by atoms with van der Waals surface area (Å²) < 4.78 is 45.5. The van der Waals surface area contributed by atoms with Crippen molar-refractivity contribution in [2.24, 2.45) is 0 Å². The average molecular weight is 937 g/mol. The molecule has 24 nitrogen and oxygen atoms in total. The zero-order valence-corrected chi connectivity index (χ0v) is 34.1. The fourth-order valence-electron chi connectivity index (χ4n) is 7.31. The third-order valence-corrected chi connectivity index (χ3v) is 11.1. The number of carbonyl (C=O) groups is 1. The van der Waals surface area contributed by atoms with Crippen LogP contribution in [0.1, 0.15) is 22.8 Å². The number of aliphatic hydroxyl groups is 11. The van der Waals surface area contributed by atoms with Gasteiger partial charge >= 0.3 is 5.97 Å². The van der Waals surface area contributed by atoms with Crippen LogP contribution in [-0.4, -0.2) is 195 Å². The summed E-state index contributed by atoms with van der Waals surface area (Å²) in [5.74, 6) is -3.98. The zero-order chi connectivity index (χ0) is 47.7. The van der Waals surface area contributed by atoms with Crippen LogP contribution in [0.3, 0.4) is 0 Å². The van der Waals surface area contributed by atoms with Crippen molar-refractivity contribution in [3.8, 4) is 40.2 Å². The lowest BCUT2D eigenvalue weighted by Crippen LogP contribution is -2.60. The number of rotatable bonds is 13. The highest BCUT2D eigenvalue weighted by Gasteiger charge is 2.48. The molecule has 0 aromatic heterocycles. The SMILES string of the molecule is O=C(C=Cc1ccc(O)c(O)c1)OCC1OC(Oc2cc(O)c3c(c2)OC(c2ccc(O)c(OC4OC(CO)C(O)C(O)C4O)c2)C(OC2OC(CO)C(O)C(O)C2O)=C3)C(O)C(O)C1O. The van der Waals surface area contributed by atoms with Crippen molar-refractivity contribution in [3.63, 3.8) is 0 Å². The Morgan fingerprint density at radius 3 is 1.74 bits per heavy atom.